The third-order valence-corrected chi connectivity index (χ3v) is 6.23. The summed E-state index contributed by atoms with van der Waals surface area (Å²) in [4.78, 5) is 19.0. The number of carbonyl (C=O) groups excluding carboxylic acids is 1. The molecule has 2 aliphatic heterocycles. The zero-order valence-electron chi connectivity index (χ0n) is 15.0. The molecule has 0 aromatic carbocycles. The molecule has 4 rings (SSSR count). The molecule has 4 nitrogen and oxygen atoms in total. The lowest BCUT2D eigenvalue weighted by molar-refractivity contribution is 0.0129. The number of amides is 1. The van der Waals surface area contributed by atoms with Crippen LogP contribution in [0.1, 0.15) is 47.3 Å². The van der Waals surface area contributed by atoms with E-state index >= 15 is 4.39 Å². The second kappa shape index (κ2) is 7.08. The number of piperidine rings is 1. The first-order valence-electron chi connectivity index (χ1n) is 9.20. The largest absolute Gasteiger partial charge is 0.332 e. The van der Waals surface area contributed by atoms with Gasteiger partial charge in [-0.2, -0.15) is 11.3 Å². The lowest BCUT2D eigenvalue weighted by atomic mass is 9.87. The zero-order valence-corrected chi connectivity index (χ0v) is 15.8. The molecule has 0 spiro atoms. The van der Waals surface area contributed by atoms with Gasteiger partial charge in [-0.15, -0.1) is 0 Å². The number of alkyl halides is 1. The van der Waals surface area contributed by atoms with Crippen molar-refractivity contribution in [2.24, 2.45) is 0 Å². The first-order valence-corrected chi connectivity index (χ1v) is 10.1. The molecule has 2 aliphatic rings. The maximum Gasteiger partial charge on any atom is 0.255 e. The quantitative estimate of drug-likeness (QED) is 0.869. The Hall–Kier alpha value is -1.79. The highest BCUT2D eigenvalue weighted by molar-refractivity contribution is 7.08. The summed E-state index contributed by atoms with van der Waals surface area (Å²) >= 11 is 1.53. The Bertz CT molecular complexity index is 748. The van der Waals surface area contributed by atoms with Crippen molar-refractivity contribution in [3.8, 4) is 0 Å². The first kappa shape index (κ1) is 17.6. The molecule has 2 saturated heterocycles. The number of fused-ring (bicyclic) bond motifs is 2. The van der Waals surface area contributed by atoms with Gasteiger partial charge in [-0.25, -0.2) is 4.39 Å². The van der Waals surface area contributed by atoms with Gasteiger partial charge in [0, 0.05) is 49.6 Å². The summed E-state index contributed by atoms with van der Waals surface area (Å²) in [5, 5.41) is 7.03. The van der Waals surface area contributed by atoms with Crippen molar-refractivity contribution in [2.45, 2.75) is 56.9 Å². The van der Waals surface area contributed by atoms with Crippen LogP contribution in [-0.2, 0) is 6.54 Å². The van der Waals surface area contributed by atoms with Crippen molar-refractivity contribution in [3.05, 3.63) is 52.0 Å². The molecular formula is C20H24FN3OS. The monoisotopic (exact) mass is 373 g/mol. The predicted molar refractivity (Wildman–Crippen MR) is 101 cm³/mol. The van der Waals surface area contributed by atoms with Crippen LogP contribution >= 0.6 is 11.3 Å². The molecule has 0 radical (unpaired) electrons. The van der Waals surface area contributed by atoms with Gasteiger partial charge in [0.15, 0.2) is 0 Å². The fraction of sp³-hybridized carbons (Fsp3) is 0.500. The van der Waals surface area contributed by atoms with E-state index in [-0.39, 0.29) is 18.0 Å². The summed E-state index contributed by atoms with van der Waals surface area (Å²) in [6.07, 6.45) is 4.50. The van der Waals surface area contributed by atoms with E-state index in [0.29, 0.717) is 25.9 Å². The summed E-state index contributed by atoms with van der Waals surface area (Å²) in [5.74, 6) is 0.0672. The normalized spacial score (nSPS) is 27.7. The molecule has 1 amide bonds. The third kappa shape index (κ3) is 3.53. The van der Waals surface area contributed by atoms with E-state index in [1.54, 1.807) is 0 Å². The third-order valence-electron chi connectivity index (χ3n) is 5.55. The van der Waals surface area contributed by atoms with Crippen LogP contribution in [0.25, 0.3) is 0 Å². The molecule has 1 unspecified atom stereocenters. The second-order valence-corrected chi connectivity index (χ2v) is 8.38. The number of nitrogens with one attached hydrogen (secondary N) is 1. The Balaban J connectivity index is 1.36. The minimum atomic E-state index is -1.25. The molecule has 26 heavy (non-hydrogen) atoms. The first-order chi connectivity index (χ1) is 12.5. The second-order valence-electron chi connectivity index (χ2n) is 7.60. The predicted octanol–water partition coefficient (Wildman–Crippen LogP) is 3.72. The van der Waals surface area contributed by atoms with E-state index in [2.05, 4.69) is 10.3 Å². The number of carbonyl (C=O) groups is 1. The van der Waals surface area contributed by atoms with Crippen LogP contribution in [0.4, 0.5) is 4.39 Å². The molecule has 6 heteroatoms. The standard InChI is InChI=1S/C20H24FN3OS/c1-14-2-3-16(23-10-14)11-22-13-20(21)8-17-4-5-18(9-20)24(17)19(25)15-6-7-26-12-15/h2-3,6-7,10,12,17-18,22H,4-5,8-9,11,13H2,1H3/t17-,18+,20?. The Kier molecular flexibility index (Phi) is 4.80. The van der Waals surface area contributed by atoms with Crippen LogP contribution in [0.3, 0.4) is 0 Å². The topological polar surface area (TPSA) is 45.2 Å². The molecule has 2 bridgehead atoms. The van der Waals surface area contributed by atoms with Crippen molar-refractivity contribution in [1.29, 1.82) is 0 Å². The van der Waals surface area contributed by atoms with Crippen molar-refractivity contribution in [2.75, 3.05) is 6.54 Å². The maximum atomic E-state index is 15.4. The smallest absolute Gasteiger partial charge is 0.255 e. The molecule has 3 atom stereocenters. The van der Waals surface area contributed by atoms with Gasteiger partial charge in [-0.1, -0.05) is 6.07 Å². The summed E-state index contributed by atoms with van der Waals surface area (Å²) in [6, 6.07) is 5.89. The molecule has 0 saturated carbocycles. The number of nitrogens with zero attached hydrogens (tertiary/aromatic N) is 2. The van der Waals surface area contributed by atoms with E-state index in [0.717, 1.165) is 29.7 Å². The lowest BCUT2D eigenvalue weighted by Crippen LogP contribution is -2.54. The molecule has 138 valence electrons. The van der Waals surface area contributed by atoms with Crippen molar-refractivity contribution >= 4 is 17.2 Å². The van der Waals surface area contributed by atoms with Gasteiger partial charge in [0.2, 0.25) is 0 Å². The highest BCUT2D eigenvalue weighted by Crippen LogP contribution is 2.43. The Labute approximate surface area is 157 Å². The zero-order chi connectivity index (χ0) is 18.1. The fourth-order valence-corrected chi connectivity index (χ4v) is 4.95. The van der Waals surface area contributed by atoms with Crippen LogP contribution < -0.4 is 5.32 Å². The van der Waals surface area contributed by atoms with Crippen LogP contribution in [0, 0.1) is 6.92 Å². The number of halogens is 1. The molecule has 0 aliphatic carbocycles. The highest BCUT2D eigenvalue weighted by Gasteiger charge is 2.50. The summed E-state index contributed by atoms with van der Waals surface area (Å²) in [5.41, 5.74) is 1.53. The van der Waals surface area contributed by atoms with Gasteiger partial charge in [0.25, 0.3) is 5.91 Å². The Morgan fingerprint density at radius 3 is 2.73 bits per heavy atom. The number of hydrogen-bond acceptors (Lipinski definition) is 4. The van der Waals surface area contributed by atoms with E-state index in [1.807, 2.05) is 47.0 Å². The molecular weight excluding hydrogens is 349 g/mol. The Morgan fingerprint density at radius 1 is 1.35 bits per heavy atom. The number of thiophene rings is 1. The molecule has 1 N–H and O–H groups in total. The van der Waals surface area contributed by atoms with Crippen molar-refractivity contribution in [3.63, 3.8) is 0 Å². The van der Waals surface area contributed by atoms with E-state index in [1.165, 1.54) is 11.3 Å². The number of aromatic nitrogens is 1. The maximum absolute atomic E-state index is 15.4. The van der Waals surface area contributed by atoms with Gasteiger partial charge in [0.05, 0.1) is 11.3 Å². The van der Waals surface area contributed by atoms with E-state index in [9.17, 15) is 4.79 Å². The SMILES string of the molecule is Cc1ccc(CNCC2(F)C[C@H]3CC[C@@H](C2)N3C(=O)c2ccsc2)nc1. The molecule has 4 heterocycles. The van der Waals surface area contributed by atoms with Crippen molar-refractivity contribution in [1.82, 2.24) is 15.2 Å². The van der Waals surface area contributed by atoms with Crippen LogP contribution in [0.15, 0.2) is 35.2 Å². The molecule has 2 aromatic rings. The van der Waals surface area contributed by atoms with Gasteiger partial charge < -0.3 is 10.2 Å². The van der Waals surface area contributed by atoms with Crippen LogP contribution in [0.5, 0.6) is 0 Å². The summed E-state index contributed by atoms with van der Waals surface area (Å²) in [7, 11) is 0. The molecule has 2 aromatic heterocycles. The lowest BCUT2D eigenvalue weighted by Gasteiger charge is -2.42. The number of rotatable bonds is 5. The Morgan fingerprint density at radius 2 is 2.12 bits per heavy atom. The van der Waals surface area contributed by atoms with E-state index in [4.69, 9.17) is 0 Å². The fourth-order valence-electron chi connectivity index (χ4n) is 4.32. The number of pyridine rings is 1. The van der Waals surface area contributed by atoms with Crippen LogP contribution in [-0.4, -0.2) is 40.1 Å². The van der Waals surface area contributed by atoms with Gasteiger partial charge in [-0.3, -0.25) is 9.78 Å². The summed E-state index contributed by atoms with van der Waals surface area (Å²) in [6.45, 7) is 2.89. The molecule has 2 fully saturated rings. The summed E-state index contributed by atoms with van der Waals surface area (Å²) < 4.78 is 15.4. The van der Waals surface area contributed by atoms with E-state index < -0.39 is 5.67 Å². The van der Waals surface area contributed by atoms with Crippen molar-refractivity contribution < 1.29 is 9.18 Å². The van der Waals surface area contributed by atoms with Gasteiger partial charge >= 0.3 is 0 Å². The minimum absolute atomic E-state index is 0.0189. The average molecular weight is 373 g/mol. The minimum Gasteiger partial charge on any atom is -0.332 e. The van der Waals surface area contributed by atoms with Crippen LogP contribution in [0.2, 0.25) is 0 Å². The number of hydrogen-bond donors (Lipinski definition) is 1. The highest BCUT2D eigenvalue weighted by atomic mass is 32.1. The average Bonchev–Trinajstić information content (AvgIpc) is 3.24. The van der Waals surface area contributed by atoms with Gasteiger partial charge in [0.1, 0.15) is 5.67 Å². The van der Waals surface area contributed by atoms with Gasteiger partial charge in [-0.05, 0) is 42.8 Å². The number of aryl methyl sites for hydroxylation is 1.